The van der Waals surface area contributed by atoms with Gasteiger partial charge in [0.05, 0.1) is 10.6 Å². The molecule has 0 saturated heterocycles. The average Bonchev–Trinajstić information content (AvgIpc) is 2.74. The number of aromatic nitrogens is 3. The molecule has 0 amide bonds. The van der Waals surface area contributed by atoms with Crippen LogP contribution in [0.15, 0.2) is 35.4 Å². The van der Waals surface area contributed by atoms with Gasteiger partial charge in [0.25, 0.3) is 0 Å². The molecule has 7 heteroatoms. The first kappa shape index (κ1) is 13.7. The summed E-state index contributed by atoms with van der Waals surface area (Å²) in [4.78, 5) is 0.277. The molecule has 0 saturated carbocycles. The number of aryl methyl sites for hydroxylation is 1. The van der Waals surface area contributed by atoms with Crippen molar-refractivity contribution in [1.82, 2.24) is 15.0 Å². The Balaban J connectivity index is 2.22. The van der Waals surface area contributed by atoms with Crippen molar-refractivity contribution in [2.75, 3.05) is 6.26 Å². The van der Waals surface area contributed by atoms with Crippen molar-refractivity contribution < 1.29 is 8.42 Å². The lowest BCUT2D eigenvalue weighted by Gasteiger charge is -2.11. The highest BCUT2D eigenvalue weighted by Crippen LogP contribution is 2.18. The Bertz CT molecular complexity index is 679. The summed E-state index contributed by atoms with van der Waals surface area (Å²) < 4.78 is 24.6. The fourth-order valence-corrected chi connectivity index (χ4v) is 2.48. The predicted octanol–water partition coefficient (Wildman–Crippen LogP) is 0.461. The molecular formula is C12H16N4O2S. The third-order valence-electron chi connectivity index (χ3n) is 2.79. The zero-order valence-corrected chi connectivity index (χ0v) is 11.6. The lowest BCUT2D eigenvalue weighted by Crippen LogP contribution is -2.14. The molecule has 1 atom stereocenters. The monoisotopic (exact) mass is 280 g/mol. The maximum Gasteiger partial charge on any atom is 0.175 e. The normalized spacial score (nSPS) is 13.4. The lowest BCUT2D eigenvalue weighted by molar-refractivity contribution is 0.601. The summed E-state index contributed by atoms with van der Waals surface area (Å²) in [6, 6.07) is 6.38. The molecule has 2 N–H and O–H groups in total. The van der Waals surface area contributed by atoms with Crippen molar-refractivity contribution >= 4 is 9.84 Å². The summed E-state index contributed by atoms with van der Waals surface area (Å²) in [5.74, 6) is 0. The van der Waals surface area contributed by atoms with Crippen LogP contribution < -0.4 is 5.73 Å². The van der Waals surface area contributed by atoms with Crippen molar-refractivity contribution in [1.29, 1.82) is 0 Å². The Labute approximate surface area is 112 Å². The molecule has 1 aromatic carbocycles. The van der Waals surface area contributed by atoms with Crippen LogP contribution in [0.5, 0.6) is 0 Å². The Kier molecular flexibility index (Phi) is 3.68. The van der Waals surface area contributed by atoms with Crippen LogP contribution >= 0.6 is 0 Å². The van der Waals surface area contributed by atoms with E-state index in [2.05, 4.69) is 10.3 Å². The molecule has 102 valence electrons. The summed E-state index contributed by atoms with van der Waals surface area (Å²) in [6.07, 6.45) is 3.49. The van der Waals surface area contributed by atoms with Gasteiger partial charge >= 0.3 is 0 Å². The largest absolute Gasteiger partial charge is 0.324 e. The van der Waals surface area contributed by atoms with Gasteiger partial charge in [0.2, 0.25) is 0 Å². The van der Waals surface area contributed by atoms with Crippen LogP contribution in [0.2, 0.25) is 0 Å². The Morgan fingerprint density at radius 3 is 2.74 bits per heavy atom. The zero-order valence-electron chi connectivity index (χ0n) is 10.8. The highest BCUT2D eigenvalue weighted by Gasteiger charge is 2.13. The van der Waals surface area contributed by atoms with Gasteiger partial charge in [0.15, 0.2) is 9.84 Å². The minimum absolute atomic E-state index is 0.277. The van der Waals surface area contributed by atoms with Gasteiger partial charge in [-0.3, -0.25) is 4.68 Å². The molecule has 1 unspecified atom stereocenters. The second kappa shape index (κ2) is 5.10. The minimum Gasteiger partial charge on any atom is -0.324 e. The fourth-order valence-electron chi connectivity index (χ4n) is 1.81. The van der Waals surface area contributed by atoms with E-state index >= 15 is 0 Å². The Hall–Kier alpha value is -1.73. The van der Waals surface area contributed by atoms with Crippen molar-refractivity contribution in [3.63, 3.8) is 0 Å². The highest BCUT2D eigenvalue weighted by atomic mass is 32.2. The first-order chi connectivity index (χ1) is 8.86. The van der Waals surface area contributed by atoms with Gasteiger partial charge < -0.3 is 5.73 Å². The number of rotatable bonds is 4. The quantitative estimate of drug-likeness (QED) is 0.878. The predicted molar refractivity (Wildman–Crippen MR) is 71.2 cm³/mol. The molecule has 0 radical (unpaired) electrons. The highest BCUT2D eigenvalue weighted by molar-refractivity contribution is 7.90. The van der Waals surface area contributed by atoms with Crippen LogP contribution in [0.1, 0.15) is 17.3 Å². The molecule has 0 spiro atoms. The molecule has 6 nitrogen and oxygen atoms in total. The zero-order chi connectivity index (χ0) is 14.0. The second-order valence-corrected chi connectivity index (χ2v) is 6.55. The van der Waals surface area contributed by atoms with E-state index in [1.807, 2.05) is 6.07 Å². The molecule has 1 aromatic heterocycles. The Morgan fingerprint density at radius 1 is 1.42 bits per heavy atom. The summed E-state index contributed by atoms with van der Waals surface area (Å²) in [5, 5.41) is 7.80. The lowest BCUT2D eigenvalue weighted by atomic mass is 10.0. The SMILES string of the molecule is Cn1cc(CC(N)c2cccc(S(C)(=O)=O)c2)nn1. The van der Waals surface area contributed by atoms with E-state index < -0.39 is 9.84 Å². The van der Waals surface area contributed by atoms with Gasteiger partial charge in [-0.15, -0.1) is 5.10 Å². The summed E-state index contributed by atoms with van der Waals surface area (Å²) in [6.45, 7) is 0. The van der Waals surface area contributed by atoms with Crippen molar-refractivity contribution in [3.8, 4) is 0 Å². The second-order valence-electron chi connectivity index (χ2n) is 4.54. The molecule has 1 heterocycles. The summed E-state index contributed by atoms with van der Waals surface area (Å²) in [5.41, 5.74) is 7.63. The molecule has 19 heavy (non-hydrogen) atoms. The average molecular weight is 280 g/mol. The molecule has 0 aliphatic heterocycles. The van der Waals surface area contributed by atoms with E-state index in [1.54, 1.807) is 36.1 Å². The number of hydrogen-bond acceptors (Lipinski definition) is 5. The summed E-state index contributed by atoms with van der Waals surface area (Å²) >= 11 is 0. The number of nitrogens with two attached hydrogens (primary N) is 1. The van der Waals surface area contributed by atoms with Crippen molar-refractivity contribution in [2.45, 2.75) is 17.4 Å². The molecule has 0 aliphatic carbocycles. The number of benzene rings is 1. The molecule has 2 rings (SSSR count). The van der Waals surface area contributed by atoms with E-state index in [1.165, 1.54) is 6.26 Å². The van der Waals surface area contributed by atoms with Gasteiger partial charge in [0, 0.05) is 32.0 Å². The third kappa shape index (κ3) is 3.39. The summed E-state index contributed by atoms with van der Waals surface area (Å²) in [7, 11) is -1.43. The van der Waals surface area contributed by atoms with Gasteiger partial charge in [-0.05, 0) is 17.7 Å². The standard InChI is InChI=1S/C12H16N4O2S/c1-16-8-10(14-15-16)7-12(13)9-4-3-5-11(6-9)19(2,17)18/h3-6,8,12H,7,13H2,1-2H3. The molecule has 2 aromatic rings. The van der Waals surface area contributed by atoms with Crippen LogP contribution in [0.25, 0.3) is 0 Å². The van der Waals surface area contributed by atoms with E-state index in [0.717, 1.165) is 11.3 Å². The van der Waals surface area contributed by atoms with Gasteiger partial charge in [0.1, 0.15) is 0 Å². The molecular weight excluding hydrogens is 264 g/mol. The smallest absolute Gasteiger partial charge is 0.175 e. The van der Waals surface area contributed by atoms with Crippen molar-refractivity contribution in [2.24, 2.45) is 12.8 Å². The molecule has 0 bridgehead atoms. The topological polar surface area (TPSA) is 90.9 Å². The first-order valence-electron chi connectivity index (χ1n) is 5.77. The third-order valence-corrected chi connectivity index (χ3v) is 3.90. The molecule has 0 fully saturated rings. The van der Waals surface area contributed by atoms with Crippen molar-refractivity contribution in [3.05, 3.63) is 41.7 Å². The number of hydrogen-bond donors (Lipinski definition) is 1. The van der Waals surface area contributed by atoms with Crippen LogP contribution in [-0.2, 0) is 23.3 Å². The Morgan fingerprint density at radius 2 is 2.16 bits per heavy atom. The maximum absolute atomic E-state index is 11.5. The molecule has 0 aliphatic rings. The number of sulfone groups is 1. The van der Waals surface area contributed by atoms with E-state index in [9.17, 15) is 8.42 Å². The van der Waals surface area contributed by atoms with Crippen LogP contribution in [-0.4, -0.2) is 29.7 Å². The number of nitrogens with zero attached hydrogens (tertiary/aromatic N) is 3. The van der Waals surface area contributed by atoms with Crippen LogP contribution in [0, 0.1) is 0 Å². The minimum atomic E-state index is -3.22. The van der Waals surface area contributed by atoms with Crippen LogP contribution in [0.3, 0.4) is 0 Å². The van der Waals surface area contributed by atoms with Gasteiger partial charge in [-0.2, -0.15) is 0 Å². The van der Waals surface area contributed by atoms with Gasteiger partial charge in [-0.1, -0.05) is 17.3 Å². The first-order valence-corrected chi connectivity index (χ1v) is 7.66. The van der Waals surface area contributed by atoms with E-state index in [4.69, 9.17) is 5.73 Å². The van der Waals surface area contributed by atoms with Gasteiger partial charge in [-0.25, -0.2) is 8.42 Å². The fraction of sp³-hybridized carbons (Fsp3) is 0.333. The maximum atomic E-state index is 11.5. The van der Waals surface area contributed by atoms with E-state index in [-0.39, 0.29) is 10.9 Å². The van der Waals surface area contributed by atoms with Crippen LogP contribution in [0.4, 0.5) is 0 Å². The van der Waals surface area contributed by atoms with E-state index in [0.29, 0.717) is 6.42 Å².